The van der Waals surface area contributed by atoms with Crippen LogP contribution in [0.4, 0.5) is 0 Å². The molecule has 1 unspecified atom stereocenters. The Kier molecular flexibility index (Phi) is 3.20. The van der Waals surface area contributed by atoms with Gasteiger partial charge in [-0.3, -0.25) is 0 Å². The second-order valence-corrected chi connectivity index (χ2v) is 5.06. The van der Waals surface area contributed by atoms with E-state index in [4.69, 9.17) is 4.74 Å². The van der Waals surface area contributed by atoms with E-state index >= 15 is 0 Å². The third-order valence-electron chi connectivity index (χ3n) is 3.39. The van der Waals surface area contributed by atoms with Gasteiger partial charge in [-0.05, 0) is 31.4 Å². The Hall–Kier alpha value is -1.02. The first-order valence-electron chi connectivity index (χ1n) is 6.06. The maximum Gasteiger partial charge on any atom is 0.123 e. The fourth-order valence-electron chi connectivity index (χ4n) is 2.68. The summed E-state index contributed by atoms with van der Waals surface area (Å²) in [5.41, 5.74) is 1.47. The van der Waals surface area contributed by atoms with Gasteiger partial charge in [-0.1, -0.05) is 32.0 Å². The smallest absolute Gasteiger partial charge is 0.123 e. The van der Waals surface area contributed by atoms with Crippen LogP contribution < -0.4 is 10.1 Å². The molecule has 0 bridgehead atoms. The predicted molar refractivity (Wildman–Crippen MR) is 66.7 cm³/mol. The molecular weight excluding hydrogens is 198 g/mol. The minimum atomic E-state index is 0.154. The third-order valence-corrected chi connectivity index (χ3v) is 3.39. The van der Waals surface area contributed by atoms with Crippen molar-refractivity contribution >= 4 is 0 Å². The van der Waals surface area contributed by atoms with Crippen LogP contribution in [0.2, 0.25) is 0 Å². The Morgan fingerprint density at radius 2 is 2.06 bits per heavy atom. The molecule has 1 aliphatic rings. The van der Waals surface area contributed by atoms with Gasteiger partial charge in [-0.25, -0.2) is 0 Å². The molecule has 0 saturated carbocycles. The van der Waals surface area contributed by atoms with Gasteiger partial charge >= 0.3 is 0 Å². The van der Waals surface area contributed by atoms with Crippen LogP contribution in [0, 0.1) is 5.92 Å². The molecule has 16 heavy (non-hydrogen) atoms. The molecule has 1 heterocycles. The quantitative estimate of drug-likeness (QED) is 0.840. The molecule has 1 aromatic rings. The zero-order chi connectivity index (χ0) is 11.6. The highest BCUT2D eigenvalue weighted by Crippen LogP contribution is 2.41. The highest BCUT2D eigenvalue weighted by molar-refractivity contribution is 5.40. The molecule has 0 amide bonds. The predicted octanol–water partition coefficient (Wildman–Crippen LogP) is 2.93. The van der Waals surface area contributed by atoms with E-state index in [2.05, 4.69) is 37.4 Å². The number of ether oxygens (including phenoxy) is 1. The lowest BCUT2D eigenvalue weighted by atomic mass is 9.74. The molecule has 1 saturated heterocycles. The average molecular weight is 219 g/mol. The van der Waals surface area contributed by atoms with Crippen LogP contribution in [0.1, 0.15) is 32.3 Å². The molecule has 0 spiro atoms. The maximum atomic E-state index is 5.47. The fraction of sp³-hybridized carbons (Fsp3) is 0.571. The number of benzene rings is 1. The van der Waals surface area contributed by atoms with Gasteiger partial charge < -0.3 is 10.1 Å². The Labute approximate surface area is 98.0 Å². The zero-order valence-corrected chi connectivity index (χ0v) is 10.4. The van der Waals surface area contributed by atoms with E-state index in [0.29, 0.717) is 5.92 Å². The van der Waals surface area contributed by atoms with Crippen molar-refractivity contribution in [3.63, 3.8) is 0 Å². The summed E-state index contributed by atoms with van der Waals surface area (Å²) >= 11 is 0. The number of hydrogen-bond acceptors (Lipinski definition) is 2. The molecule has 1 atom stereocenters. The Balaban J connectivity index is 2.32. The molecule has 1 aliphatic heterocycles. The van der Waals surface area contributed by atoms with E-state index < -0.39 is 0 Å². The van der Waals surface area contributed by atoms with Gasteiger partial charge in [0.05, 0.1) is 7.11 Å². The van der Waals surface area contributed by atoms with Crippen molar-refractivity contribution in [3.8, 4) is 5.75 Å². The van der Waals surface area contributed by atoms with E-state index in [0.717, 1.165) is 12.3 Å². The molecule has 1 aromatic carbocycles. The summed E-state index contributed by atoms with van der Waals surface area (Å²) in [6.45, 7) is 5.67. The summed E-state index contributed by atoms with van der Waals surface area (Å²) in [4.78, 5) is 0. The summed E-state index contributed by atoms with van der Waals surface area (Å²) in [6.07, 6.45) is 2.39. The summed E-state index contributed by atoms with van der Waals surface area (Å²) < 4.78 is 5.47. The van der Waals surface area contributed by atoms with E-state index in [-0.39, 0.29) is 5.54 Å². The Morgan fingerprint density at radius 1 is 1.38 bits per heavy atom. The molecule has 1 N–H and O–H groups in total. The topological polar surface area (TPSA) is 21.3 Å². The SMILES string of the molecule is COc1ccccc1C1(CC(C)C)CCN1. The van der Waals surface area contributed by atoms with Crippen LogP contribution in [-0.2, 0) is 5.54 Å². The number of para-hydroxylation sites is 1. The van der Waals surface area contributed by atoms with Crippen molar-refractivity contribution in [2.75, 3.05) is 13.7 Å². The maximum absolute atomic E-state index is 5.47. The number of nitrogens with one attached hydrogen (secondary N) is 1. The van der Waals surface area contributed by atoms with E-state index in [1.54, 1.807) is 7.11 Å². The van der Waals surface area contributed by atoms with Crippen molar-refractivity contribution in [2.24, 2.45) is 5.92 Å². The molecule has 0 radical (unpaired) electrons. The highest BCUT2D eigenvalue weighted by Gasteiger charge is 2.40. The molecule has 88 valence electrons. The summed E-state index contributed by atoms with van der Waals surface area (Å²) in [5.74, 6) is 1.70. The summed E-state index contributed by atoms with van der Waals surface area (Å²) in [6, 6.07) is 8.37. The second kappa shape index (κ2) is 4.46. The zero-order valence-electron chi connectivity index (χ0n) is 10.4. The largest absolute Gasteiger partial charge is 0.496 e. The third kappa shape index (κ3) is 1.94. The first-order chi connectivity index (χ1) is 7.68. The second-order valence-electron chi connectivity index (χ2n) is 5.06. The van der Waals surface area contributed by atoms with Gasteiger partial charge in [0.1, 0.15) is 5.75 Å². The highest BCUT2D eigenvalue weighted by atomic mass is 16.5. The molecular formula is C14H21NO. The van der Waals surface area contributed by atoms with Crippen LogP contribution in [-0.4, -0.2) is 13.7 Å². The van der Waals surface area contributed by atoms with E-state index in [9.17, 15) is 0 Å². The van der Waals surface area contributed by atoms with E-state index in [1.165, 1.54) is 18.4 Å². The van der Waals surface area contributed by atoms with Crippen molar-refractivity contribution in [3.05, 3.63) is 29.8 Å². The van der Waals surface area contributed by atoms with Crippen LogP contribution >= 0.6 is 0 Å². The number of hydrogen-bond donors (Lipinski definition) is 1. The normalized spacial score (nSPS) is 24.2. The lowest BCUT2D eigenvalue weighted by Crippen LogP contribution is -2.54. The lowest BCUT2D eigenvalue weighted by Gasteiger charge is -2.45. The number of methoxy groups -OCH3 is 1. The molecule has 0 aliphatic carbocycles. The first kappa shape index (κ1) is 11.5. The van der Waals surface area contributed by atoms with Gasteiger partial charge in [0.2, 0.25) is 0 Å². The first-order valence-corrected chi connectivity index (χ1v) is 6.06. The number of rotatable bonds is 4. The van der Waals surface area contributed by atoms with Crippen LogP contribution in [0.3, 0.4) is 0 Å². The summed E-state index contributed by atoms with van der Waals surface area (Å²) in [5, 5.41) is 3.60. The van der Waals surface area contributed by atoms with Gasteiger partial charge in [0, 0.05) is 11.1 Å². The lowest BCUT2D eigenvalue weighted by molar-refractivity contribution is 0.165. The molecule has 1 fully saturated rings. The van der Waals surface area contributed by atoms with Crippen molar-refractivity contribution < 1.29 is 4.74 Å². The van der Waals surface area contributed by atoms with Gasteiger partial charge in [0.15, 0.2) is 0 Å². The fourth-order valence-corrected chi connectivity index (χ4v) is 2.68. The molecule has 2 heteroatoms. The Bertz CT molecular complexity index is 356. The average Bonchev–Trinajstić information content (AvgIpc) is 2.23. The van der Waals surface area contributed by atoms with Crippen molar-refractivity contribution in [1.82, 2.24) is 5.32 Å². The van der Waals surface area contributed by atoms with Crippen LogP contribution in [0.25, 0.3) is 0 Å². The van der Waals surface area contributed by atoms with Crippen molar-refractivity contribution in [1.29, 1.82) is 0 Å². The Morgan fingerprint density at radius 3 is 2.56 bits per heavy atom. The van der Waals surface area contributed by atoms with Gasteiger partial charge in [-0.2, -0.15) is 0 Å². The van der Waals surface area contributed by atoms with Crippen molar-refractivity contribution in [2.45, 2.75) is 32.2 Å². The monoisotopic (exact) mass is 219 g/mol. The van der Waals surface area contributed by atoms with Crippen LogP contribution in [0.5, 0.6) is 5.75 Å². The van der Waals surface area contributed by atoms with Crippen LogP contribution in [0.15, 0.2) is 24.3 Å². The molecule has 2 rings (SSSR count). The molecule has 0 aromatic heterocycles. The van der Waals surface area contributed by atoms with E-state index in [1.807, 2.05) is 6.07 Å². The van der Waals surface area contributed by atoms with Gasteiger partial charge in [0.25, 0.3) is 0 Å². The van der Waals surface area contributed by atoms with Gasteiger partial charge in [-0.15, -0.1) is 0 Å². The minimum absolute atomic E-state index is 0.154. The standard InChI is InChI=1S/C14H21NO/c1-11(2)10-14(8-9-15-14)12-6-4-5-7-13(12)16-3/h4-7,11,15H,8-10H2,1-3H3. The summed E-state index contributed by atoms with van der Waals surface area (Å²) in [7, 11) is 1.75. The minimum Gasteiger partial charge on any atom is -0.496 e. The molecule has 2 nitrogen and oxygen atoms in total.